The molecule has 0 saturated heterocycles. The maximum Gasteiger partial charge on any atom is 0.258 e. The van der Waals surface area contributed by atoms with Crippen LogP contribution in [-0.4, -0.2) is 35.4 Å². The fraction of sp³-hybridized carbons (Fsp3) is 0.381. The third kappa shape index (κ3) is 3.49. The van der Waals surface area contributed by atoms with Crippen molar-refractivity contribution in [3.63, 3.8) is 0 Å². The molecule has 0 aliphatic rings. The van der Waals surface area contributed by atoms with E-state index >= 15 is 0 Å². The Morgan fingerprint density at radius 1 is 1.17 bits per heavy atom. The van der Waals surface area contributed by atoms with Crippen LogP contribution in [0.5, 0.6) is 0 Å². The Hall–Kier alpha value is -3.07. The van der Waals surface area contributed by atoms with Crippen LogP contribution in [0.3, 0.4) is 0 Å². The molecule has 1 amide bonds. The number of amides is 1. The molecule has 0 atom stereocenters. The summed E-state index contributed by atoms with van der Waals surface area (Å²) in [4.78, 5) is 22.4. The molecular weight excluding hydrogens is 398 g/mol. The number of aryl methyl sites for hydroxylation is 4. The molecule has 0 aliphatic heterocycles. The molecule has 0 fully saturated rings. The van der Waals surface area contributed by atoms with Crippen LogP contribution >= 0.6 is 11.3 Å². The minimum Gasteiger partial charge on any atom is -0.298 e. The molecule has 4 aromatic rings. The molecule has 0 bridgehead atoms. The Morgan fingerprint density at radius 2 is 1.93 bits per heavy atom. The molecule has 0 unspecified atom stereocenters. The molecule has 9 heteroatoms. The Kier molecular flexibility index (Phi) is 5.15. The zero-order chi connectivity index (χ0) is 21.6. The standard InChI is InChI=1S/C21H25N7OS/c1-7-27-9-16(13(5)25-27)17-10-30-21(23-17)24-20(29)15-8-12(4)22-19-18(15)14(6)26-28(19)11(2)3/h8-11H,7H2,1-6H3,(H,23,24,29). The van der Waals surface area contributed by atoms with E-state index in [0.29, 0.717) is 10.7 Å². The zero-order valence-electron chi connectivity index (χ0n) is 18.0. The van der Waals surface area contributed by atoms with Crippen molar-refractivity contribution in [3.05, 3.63) is 40.3 Å². The summed E-state index contributed by atoms with van der Waals surface area (Å²) in [6.45, 7) is 12.7. The fourth-order valence-corrected chi connectivity index (χ4v) is 4.23. The van der Waals surface area contributed by atoms with Crippen molar-refractivity contribution in [2.24, 2.45) is 0 Å². The number of hydrogen-bond donors (Lipinski definition) is 1. The second kappa shape index (κ2) is 7.64. The Morgan fingerprint density at radius 3 is 2.60 bits per heavy atom. The number of thiazole rings is 1. The quantitative estimate of drug-likeness (QED) is 0.509. The van der Waals surface area contributed by atoms with Gasteiger partial charge in [0, 0.05) is 35.4 Å². The van der Waals surface area contributed by atoms with E-state index in [1.54, 1.807) is 6.07 Å². The molecular formula is C21H25N7OS. The van der Waals surface area contributed by atoms with Crippen LogP contribution in [0, 0.1) is 20.8 Å². The molecule has 30 heavy (non-hydrogen) atoms. The molecule has 4 rings (SSSR count). The summed E-state index contributed by atoms with van der Waals surface area (Å²) in [6.07, 6.45) is 1.98. The number of carbonyl (C=O) groups is 1. The third-order valence-electron chi connectivity index (χ3n) is 4.97. The van der Waals surface area contributed by atoms with Crippen molar-refractivity contribution in [2.75, 3.05) is 5.32 Å². The van der Waals surface area contributed by atoms with E-state index in [9.17, 15) is 4.79 Å². The lowest BCUT2D eigenvalue weighted by Crippen LogP contribution is -2.13. The van der Waals surface area contributed by atoms with Crippen LogP contribution in [0.15, 0.2) is 17.6 Å². The normalized spacial score (nSPS) is 11.6. The summed E-state index contributed by atoms with van der Waals surface area (Å²) < 4.78 is 3.75. The number of nitrogens with one attached hydrogen (secondary N) is 1. The van der Waals surface area contributed by atoms with Gasteiger partial charge in [-0.2, -0.15) is 10.2 Å². The van der Waals surface area contributed by atoms with Crippen LogP contribution in [0.4, 0.5) is 5.13 Å². The second-order valence-electron chi connectivity index (χ2n) is 7.61. The number of hydrogen-bond acceptors (Lipinski definition) is 6. The van der Waals surface area contributed by atoms with Gasteiger partial charge in [-0.15, -0.1) is 11.3 Å². The van der Waals surface area contributed by atoms with Gasteiger partial charge in [0.1, 0.15) is 0 Å². The van der Waals surface area contributed by atoms with Gasteiger partial charge in [-0.3, -0.25) is 14.8 Å². The average Bonchev–Trinajstić information content (AvgIpc) is 3.38. The number of aromatic nitrogens is 6. The van der Waals surface area contributed by atoms with Crippen molar-refractivity contribution in [1.82, 2.24) is 29.5 Å². The highest BCUT2D eigenvalue weighted by Gasteiger charge is 2.21. The van der Waals surface area contributed by atoms with Gasteiger partial charge in [-0.05, 0) is 47.6 Å². The zero-order valence-corrected chi connectivity index (χ0v) is 18.8. The summed E-state index contributed by atoms with van der Waals surface area (Å²) in [5.74, 6) is -0.209. The van der Waals surface area contributed by atoms with Crippen molar-refractivity contribution >= 4 is 33.4 Å². The van der Waals surface area contributed by atoms with Gasteiger partial charge in [0.2, 0.25) is 0 Å². The number of nitrogens with zero attached hydrogens (tertiary/aromatic N) is 6. The van der Waals surface area contributed by atoms with Gasteiger partial charge in [0.15, 0.2) is 10.8 Å². The minimum atomic E-state index is -0.209. The van der Waals surface area contributed by atoms with E-state index in [1.807, 2.05) is 48.6 Å². The number of fused-ring (bicyclic) bond motifs is 1. The van der Waals surface area contributed by atoms with Gasteiger partial charge < -0.3 is 0 Å². The number of pyridine rings is 1. The molecule has 156 valence electrons. The molecule has 4 heterocycles. The van der Waals surface area contributed by atoms with Gasteiger partial charge in [-0.1, -0.05) is 0 Å². The molecule has 0 radical (unpaired) electrons. The van der Waals surface area contributed by atoms with Crippen LogP contribution in [0.2, 0.25) is 0 Å². The van der Waals surface area contributed by atoms with Gasteiger partial charge in [0.25, 0.3) is 5.91 Å². The topological polar surface area (TPSA) is 90.5 Å². The highest BCUT2D eigenvalue weighted by Crippen LogP contribution is 2.29. The number of anilines is 1. The molecule has 4 aromatic heterocycles. The van der Waals surface area contributed by atoms with Crippen molar-refractivity contribution in [1.29, 1.82) is 0 Å². The highest BCUT2D eigenvalue weighted by molar-refractivity contribution is 7.14. The van der Waals surface area contributed by atoms with Gasteiger partial charge >= 0.3 is 0 Å². The lowest BCUT2D eigenvalue weighted by molar-refractivity contribution is 0.102. The van der Waals surface area contributed by atoms with Crippen molar-refractivity contribution in [3.8, 4) is 11.3 Å². The van der Waals surface area contributed by atoms with E-state index < -0.39 is 0 Å². The fourth-order valence-electron chi connectivity index (χ4n) is 3.53. The maximum absolute atomic E-state index is 13.1. The summed E-state index contributed by atoms with van der Waals surface area (Å²) in [5, 5.41) is 15.3. The predicted octanol–water partition coefficient (Wildman–Crippen LogP) is 4.53. The summed E-state index contributed by atoms with van der Waals surface area (Å²) in [6, 6.07) is 1.96. The van der Waals surface area contributed by atoms with E-state index in [0.717, 1.165) is 45.9 Å². The molecule has 0 spiro atoms. The van der Waals surface area contributed by atoms with Crippen LogP contribution in [-0.2, 0) is 6.54 Å². The van der Waals surface area contributed by atoms with Crippen LogP contribution < -0.4 is 5.32 Å². The maximum atomic E-state index is 13.1. The van der Waals surface area contributed by atoms with Gasteiger partial charge in [-0.25, -0.2) is 14.6 Å². The minimum absolute atomic E-state index is 0.153. The first kappa shape index (κ1) is 20.2. The molecule has 8 nitrogen and oxygen atoms in total. The largest absolute Gasteiger partial charge is 0.298 e. The smallest absolute Gasteiger partial charge is 0.258 e. The van der Waals surface area contributed by atoms with E-state index in [2.05, 4.69) is 39.3 Å². The number of carbonyl (C=O) groups excluding carboxylic acids is 1. The summed E-state index contributed by atoms with van der Waals surface area (Å²) in [5.41, 5.74) is 5.57. The molecule has 0 aliphatic carbocycles. The van der Waals surface area contributed by atoms with Crippen molar-refractivity contribution in [2.45, 2.75) is 54.1 Å². The van der Waals surface area contributed by atoms with Crippen LogP contribution in [0.25, 0.3) is 22.3 Å². The van der Waals surface area contributed by atoms with Gasteiger partial charge in [0.05, 0.1) is 28.0 Å². The van der Waals surface area contributed by atoms with E-state index in [1.165, 1.54) is 11.3 Å². The first-order valence-corrected chi connectivity index (χ1v) is 10.8. The Balaban J connectivity index is 1.67. The summed E-state index contributed by atoms with van der Waals surface area (Å²) >= 11 is 1.40. The average molecular weight is 424 g/mol. The molecule has 0 saturated carbocycles. The Labute approximate surface area is 179 Å². The van der Waals surface area contributed by atoms with Crippen LogP contribution in [0.1, 0.15) is 54.3 Å². The highest BCUT2D eigenvalue weighted by atomic mass is 32.1. The second-order valence-corrected chi connectivity index (χ2v) is 8.47. The molecule has 0 aromatic carbocycles. The predicted molar refractivity (Wildman–Crippen MR) is 119 cm³/mol. The molecule has 1 N–H and O–H groups in total. The SMILES string of the molecule is CCn1cc(-c2csc(NC(=O)c3cc(C)nc4c3c(C)nn4C(C)C)n2)c(C)n1. The number of rotatable bonds is 5. The Bertz CT molecular complexity index is 1250. The van der Waals surface area contributed by atoms with Crippen molar-refractivity contribution < 1.29 is 4.79 Å². The lowest BCUT2D eigenvalue weighted by Gasteiger charge is -2.08. The monoisotopic (exact) mass is 423 g/mol. The summed E-state index contributed by atoms with van der Waals surface area (Å²) in [7, 11) is 0. The third-order valence-corrected chi connectivity index (χ3v) is 5.73. The first-order chi connectivity index (χ1) is 14.3. The van der Waals surface area contributed by atoms with E-state index in [-0.39, 0.29) is 11.9 Å². The van der Waals surface area contributed by atoms with E-state index in [4.69, 9.17) is 0 Å². The first-order valence-electron chi connectivity index (χ1n) is 9.96. The lowest BCUT2D eigenvalue weighted by atomic mass is 10.1.